The third kappa shape index (κ3) is 5.28. The van der Waals surface area contributed by atoms with Crippen LogP contribution in [0.3, 0.4) is 0 Å². The Balaban J connectivity index is 1.87. The van der Waals surface area contributed by atoms with Gasteiger partial charge in [-0.15, -0.1) is 0 Å². The van der Waals surface area contributed by atoms with Crippen LogP contribution >= 0.6 is 0 Å². The van der Waals surface area contributed by atoms with Crippen LogP contribution in [0, 0.1) is 25.2 Å². The number of anilines is 1. The second-order valence-corrected chi connectivity index (χ2v) is 8.51. The van der Waals surface area contributed by atoms with E-state index in [-0.39, 0.29) is 0 Å². The van der Waals surface area contributed by atoms with Gasteiger partial charge in [0.25, 0.3) is 10.0 Å². The van der Waals surface area contributed by atoms with Crippen LogP contribution in [0.25, 0.3) is 6.08 Å². The maximum Gasteiger partial charge on any atom is 0.272 e. The van der Waals surface area contributed by atoms with Crippen LogP contribution in [0.2, 0.25) is 0 Å². The molecule has 5 nitrogen and oxygen atoms in total. The van der Waals surface area contributed by atoms with Crippen molar-refractivity contribution in [2.75, 3.05) is 4.72 Å². The first-order chi connectivity index (χ1) is 14.4. The fraction of sp³-hybridized carbons (Fsp3) is 0.125. The number of ether oxygens (including phenoxy) is 1. The van der Waals surface area contributed by atoms with E-state index < -0.39 is 14.9 Å². The molecule has 0 amide bonds. The van der Waals surface area contributed by atoms with Gasteiger partial charge in [-0.2, -0.15) is 5.26 Å². The maximum absolute atomic E-state index is 12.8. The molecule has 0 saturated carbocycles. The quantitative estimate of drug-likeness (QED) is 0.536. The molecule has 3 rings (SSSR count). The summed E-state index contributed by atoms with van der Waals surface area (Å²) in [5.41, 5.74) is 3.74. The summed E-state index contributed by atoms with van der Waals surface area (Å²) in [6.07, 6.45) is 1.33. The van der Waals surface area contributed by atoms with Gasteiger partial charge in [0.2, 0.25) is 0 Å². The van der Waals surface area contributed by atoms with Crippen molar-refractivity contribution < 1.29 is 13.2 Å². The Bertz CT molecular complexity index is 1210. The summed E-state index contributed by atoms with van der Waals surface area (Å²) in [7, 11) is -4.05. The highest BCUT2D eigenvalue weighted by Crippen LogP contribution is 2.25. The average Bonchev–Trinajstić information content (AvgIpc) is 2.73. The Morgan fingerprint density at radius 1 is 1.03 bits per heavy atom. The van der Waals surface area contributed by atoms with Gasteiger partial charge in [-0.05, 0) is 43.2 Å². The largest absolute Gasteiger partial charge is 0.488 e. The predicted molar refractivity (Wildman–Crippen MR) is 119 cm³/mol. The number of sulfonamides is 1. The number of hydrogen-bond donors (Lipinski definition) is 1. The molecule has 1 N–H and O–H groups in total. The Morgan fingerprint density at radius 3 is 2.43 bits per heavy atom. The first kappa shape index (κ1) is 21.2. The van der Waals surface area contributed by atoms with Gasteiger partial charge in [-0.3, -0.25) is 4.72 Å². The molecule has 3 aromatic carbocycles. The monoisotopic (exact) mass is 418 g/mol. The van der Waals surface area contributed by atoms with Gasteiger partial charge in [0.15, 0.2) is 4.91 Å². The van der Waals surface area contributed by atoms with E-state index in [9.17, 15) is 13.7 Å². The van der Waals surface area contributed by atoms with Crippen LogP contribution < -0.4 is 9.46 Å². The number of benzene rings is 3. The lowest BCUT2D eigenvalue weighted by molar-refractivity contribution is 0.305. The van der Waals surface area contributed by atoms with Crippen molar-refractivity contribution in [2.24, 2.45) is 0 Å². The molecular formula is C24H22N2O3S. The van der Waals surface area contributed by atoms with Crippen molar-refractivity contribution >= 4 is 21.8 Å². The van der Waals surface area contributed by atoms with Crippen LogP contribution in [0.4, 0.5) is 5.69 Å². The second kappa shape index (κ2) is 9.29. The van der Waals surface area contributed by atoms with Crippen LogP contribution in [-0.4, -0.2) is 8.42 Å². The third-order valence-electron chi connectivity index (χ3n) is 4.47. The standard InChI is InChI=1S/C24H22N2O3S/c1-18-12-13-23(19(2)14-18)26-30(27,28)22(16-25)15-21-10-6-7-11-24(21)29-17-20-8-4-3-5-9-20/h3-15,26H,17H2,1-2H3/b22-15-. The molecule has 6 heteroatoms. The number of aryl methyl sites for hydroxylation is 2. The number of nitrogens with one attached hydrogen (secondary N) is 1. The van der Waals surface area contributed by atoms with Crippen molar-refractivity contribution in [3.05, 3.63) is 100.0 Å². The lowest BCUT2D eigenvalue weighted by Crippen LogP contribution is -2.15. The van der Waals surface area contributed by atoms with Crippen LogP contribution in [0.15, 0.2) is 77.7 Å². The van der Waals surface area contributed by atoms with Crippen molar-refractivity contribution in [2.45, 2.75) is 20.5 Å². The normalized spacial score (nSPS) is 11.6. The van der Waals surface area contributed by atoms with Crippen LogP contribution in [0.1, 0.15) is 22.3 Å². The van der Waals surface area contributed by atoms with Gasteiger partial charge in [0.05, 0.1) is 5.69 Å². The zero-order valence-corrected chi connectivity index (χ0v) is 17.6. The number of nitriles is 1. The van der Waals surface area contributed by atoms with Crippen molar-refractivity contribution in [3.63, 3.8) is 0 Å². The zero-order valence-electron chi connectivity index (χ0n) is 16.8. The Kier molecular flexibility index (Phi) is 6.55. The predicted octanol–water partition coefficient (Wildman–Crippen LogP) is 5.19. The molecule has 0 aromatic heterocycles. The summed E-state index contributed by atoms with van der Waals surface area (Å²) in [6.45, 7) is 4.08. The summed E-state index contributed by atoms with van der Waals surface area (Å²) < 4.78 is 34.0. The number of allylic oxidation sites excluding steroid dienone is 1. The number of rotatable bonds is 7. The molecule has 0 bridgehead atoms. The molecular weight excluding hydrogens is 396 g/mol. The van der Waals surface area contributed by atoms with E-state index in [0.29, 0.717) is 23.6 Å². The lowest BCUT2D eigenvalue weighted by atomic mass is 10.1. The van der Waals surface area contributed by atoms with Gasteiger partial charge < -0.3 is 4.74 Å². The minimum absolute atomic E-state index is 0.334. The number of hydrogen-bond acceptors (Lipinski definition) is 4. The van der Waals surface area contributed by atoms with Gasteiger partial charge in [0.1, 0.15) is 18.4 Å². The van der Waals surface area contributed by atoms with Crippen molar-refractivity contribution in [1.82, 2.24) is 0 Å². The first-order valence-electron chi connectivity index (χ1n) is 9.36. The molecule has 0 saturated heterocycles. The summed E-state index contributed by atoms with van der Waals surface area (Å²) in [4.78, 5) is -0.391. The summed E-state index contributed by atoms with van der Waals surface area (Å²) in [5, 5.41) is 9.53. The highest BCUT2D eigenvalue weighted by molar-refractivity contribution is 7.97. The fourth-order valence-electron chi connectivity index (χ4n) is 2.91. The van der Waals surface area contributed by atoms with Gasteiger partial charge >= 0.3 is 0 Å². The van der Waals surface area contributed by atoms with E-state index in [2.05, 4.69) is 4.72 Å². The maximum atomic E-state index is 12.8. The van der Waals surface area contributed by atoms with E-state index in [1.54, 1.807) is 36.4 Å². The number of para-hydroxylation sites is 1. The first-order valence-corrected chi connectivity index (χ1v) is 10.8. The molecule has 0 fully saturated rings. The van der Waals surface area contributed by atoms with E-state index in [1.165, 1.54) is 6.08 Å². The smallest absolute Gasteiger partial charge is 0.272 e. The minimum Gasteiger partial charge on any atom is -0.488 e. The van der Waals surface area contributed by atoms with E-state index in [4.69, 9.17) is 4.74 Å². The van der Waals surface area contributed by atoms with Crippen LogP contribution in [-0.2, 0) is 16.6 Å². The Labute approximate surface area is 177 Å². The molecule has 30 heavy (non-hydrogen) atoms. The Morgan fingerprint density at radius 2 is 1.73 bits per heavy atom. The van der Waals surface area contributed by atoms with Gasteiger partial charge in [0, 0.05) is 5.56 Å². The molecule has 152 valence electrons. The third-order valence-corrected chi connectivity index (χ3v) is 5.75. The van der Waals surface area contributed by atoms with Crippen molar-refractivity contribution in [1.29, 1.82) is 5.26 Å². The molecule has 0 radical (unpaired) electrons. The molecule has 0 aliphatic rings. The summed E-state index contributed by atoms with van der Waals surface area (Å²) >= 11 is 0. The molecule has 0 spiro atoms. The number of nitrogens with zero attached hydrogens (tertiary/aromatic N) is 1. The highest BCUT2D eigenvalue weighted by Gasteiger charge is 2.19. The van der Waals surface area contributed by atoms with Gasteiger partial charge in [-0.25, -0.2) is 8.42 Å². The van der Waals surface area contributed by atoms with E-state index >= 15 is 0 Å². The lowest BCUT2D eigenvalue weighted by Gasteiger charge is -2.12. The van der Waals surface area contributed by atoms with Gasteiger partial charge in [-0.1, -0.05) is 66.2 Å². The van der Waals surface area contributed by atoms with Crippen molar-refractivity contribution in [3.8, 4) is 11.8 Å². The summed E-state index contributed by atoms with van der Waals surface area (Å²) in [5.74, 6) is 0.496. The molecule has 0 aliphatic carbocycles. The fourth-order valence-corrected chi connectivity index (χ4v) is 3.94. The molecule has 3 aromatic rings. The minimum atomic E-state index is -4.05. The SMILES string of the molecule is Cc1ccc(NS(=O)(=O)/C(C#N)=C\c2ccccc2OCc2ccccc2)c(C)c1. The molecule has 0 unspecified atom stereocenters. The van der Waals surface area contributed by atoms with E-state index in [1.807, 2.05) is 56.3 Å². The molecule has 0 aliphatic heterocycles. The summed E-state index contributed by atoms with van der Waals surface area (Å²) in [6, 6.07) is 23.8. The average molecular weight is 419 g/mol. The topological polar surface area (TPSA) is 79.2 Å². The van der Waals surface area contributed by atoms with E-state index in [0.717, 1.165) is 16.7 Å². The molecule has 0 heterocycles. The van der Waals surface area contributed by atoms with Crippen LogP contribution in [0.5, 0.6) is 5.75 Å². The second-order valence-electron chi connectivity index (χ2n) is 6.86. The zero-order chi connectivity index (χ0) is 21.6. The Hall–Kier alpha value is -3.56. The molecule has 0 atom stereocenters. The highest BCUT2D eigenvalue weighted by atomic mass is 32.2.